The molecule has 0 saturated carbocycles. The second-order valence-corrected chi connectivity index (χ2v) is 8.52. The fourth-order valence-electron chi connectivity index (χ4n) is 4.28. The lowest BCUT2D eigenvalue weighted by molar-refractivity contribution is -0.139. The molecule has 9 heteroatoms. The van der Waals surface area contributed by atoms with Crippen LogP contribution in [-0.4, -0.2) is 60.0 Å². The summed E-state index contributed by atoms with van der Waals surface area (Å²) in [5.41, 5.74) is -0.777. The first-order valence-electron chi connectivity index (χ1n) is 11.2. The van der Waals surface area contributed by atoms with E-state index in [1.165, 1.54) is 0 Å². The van der Waals surface area contributed by atoms with Crippen LogP contribution in [0.1, 0.15) is 19.6 Å². The van der Waals surface area contributed by atoms with Gasteiger partial charge in [0.1, 0.15) is 24.5 Å². The number of urea groups is 1. The van der Waals surface area contributed by atoms with Gasteiger partial charge in [-0.2, -0.15) is 0 Å². The number of hydrogen-bond donors (Lipinski definition) is 1. The van der Waals surface area contributed by atoms with E-state index in [2.05, 4.69) is 5.32 Å². The van der Waals surface area contributed by atoms with Gasteiger partial charge < -0.3 is 24.1 Å². The predicted molar refractivity (Wildman–Crippen MR) is 122 cm³/mol. The normalized spacial score (nSPS) is 21.6. The number of para-hydroxylation sites is 3. The number of amides is 4. The Morgan fingerprint density at radius 2 is 1.88 bits per heavy atom. The van der Waals surface area contributed by atoms with Crippen LogP contribution in [0, 0.1) is 0 Å². The Balaban J connectivity index is 1.28. The van der Waals surface area contributed by atoms with E-state index in [9.17, 15) is 14.4 Å². The van der Waals surface area contributed by atoms with Crippen LogP contribution in [0.25, 0.3) is 11.0 Å². The lowest BCUT2D eigenvalue weighted by Gasteiger charge is -2.31. The number of carbonyl (C=O) groups excluding carboxylic acids is 3. The first-order chi connectivity index (χ1) is 16.4. The van der Waals surface area contributed by atoms with Crippen molar-refractivity contribution in [3.8, 4) is 11.5 Å². The highest BCUT2D eigenvalue weighted by Gasteiger charge is 2.52. The van der Waals surface area contributed by atoms with E-state index in [0.717, 1.165) is 10.3 Å². The molecule has 3 heterocycles. The molecule has 2 aliphatic rings. The van der Waals surface area contributed by atoms with Crippen molar-refractivity contribution in [3.05, 3.63) is 60.4 Å². The number of carbonyl (C=O) groups is 3. The van der Waals surface area contributed by atoms with Crippen LogP contribution in [0.3, 0.4) is 0 Å². The van der Waals surface area contributed by atoms with Crippen LogP contribution in [0.15, 0.2) is 59.0 Å². The number of nitrogens with zero attached hydrogens (tertiary/aromatic N) is 2. The second kappa shape index (κ2) is 8.40. The Kier molecular flexibility index (Phi) is 5.39. The number of nitrogens with one attached hydrogen (secondary N) is 1. The molecule has 1 saturated heterocycles. The molecule has 34 heavy (non-hydrogen) atoms. The summed E-state index contributed by atoms with van der Waals surface area (Å²) in [5.74, 6) is 0.713. The minimum absolute atomic E-state index is 0.272. The molecule has 2 aliphatic heterocycles. The van der Waals surface area contributed by atoms with Gasteiger partial charge in [-0.05, 0) is 38.1 Å². The molecule has 3 aromatic rings. The molecule has 2 aromatic carbocycles. The smallest absolute Gasteiger partial charge is 0.325 e. The molecule has 9 nitrogen and oxygen atoms in total. The summed E-state index contributed by atoms with van der Waals surface area (Å²) in [6.45, 7) is 4.00. The quantitative estimate of drug-likeness (QED) is 0.564. The van der Waals surface area contributed by atoms with Crippen LogP contribution in [0.4, 0.5) is 4.79 Å². The van der Waals surface area contributed by atoms with Crippen molar-refractivity contribution in [1.82, 2.24) is 15.1 Å². The number of likely N-dealkylation sites (N-methyl/N-ethyl adjacent to an activating group) is 1. The van der Waals surface area contributed by atoms with Gasteiger partial charge in [0.2, 0.25) is 5.91 Å². The standard InChI is InChI=1S/C25H25N3O6/c1-3-27(13-17-15-32-19-10-6-7-11-20(19)33-17)22(29)14-28-23(30)25(2,26-24(28)31)21-12-16-8-4-5-9-18(16)34-21/h4-12,17H,3,13-15H2,1-2H3,(H,26,31)/t17-,25+/m0/s1. The highest BCUT2D eigenvalue weighted by Crippen LogP contribution is 2.33. The third-order valence-corrected chi connectivity index (χ3v) is 6.21. The van der Waals surface area contributed by atoms with E-state index in [4.69, 9.17) is 13.9 Å². The van der Waals surface area contributed by atoms with Crippen LogP contribution in [-0.2, 0) is 15.1 Å². The van der Waals surface area contributed by atoms with Gasteiger partial charge >= 0.3 is 6.03 Å². The highest BCUT2D eigenvalue weighted by molar-refractivity contribution is 6.09. The lowest BCUT2D eigenvalue weighted by atomic mass is 9.99. The monoisotopic (exact) mass is 463 g/mol. The van der Waals surface area contributed by atoms with Crippen molar-refractivity contribution in [2.24, 2.45) is 0 Å². The minimum Gasteiger partial charge on any atom is -0.486 e. The summed E-state index contributed by atoms with van der Waals surface area (Å²) < 4.78 is 17.5. The Labute approximate surface area is 196 Å². The summed E-state index contributed by atoms with van der Waals surface area (Å²) in [6, 6.07) is 15.8. The summed E-state index contributed by atoms with van der Waals surface area (Å²) in [6.07, 6.45) is -0.359. The van der Waals surface area contributed by atoms with Crippen LogP contribution in [0.5, 0.6) is 11.5 Å². The number of furan rings is 1. The molecule has 2 atom stereocenters. The highest BCUT2D eigenvalue weighted by atomic mass is 16.6. The van der Waals surface area contributed by atoms with Gasteiger partial charge in [-0.25, -0.2) is 4.79 Å². The zero-order chi connectivity index (χ0) is 23.9. The maximum Gasteiger partial charge on any atom is 0.325 e. The fourth-order valence-corrected chi connectivity index (χ4v) is 4.28. The van der Waals surface area contributed by atoms with Gasteiger partial charge in [0.15, 0.2) is 23.1 Å². The summed E-state index contributed by atoms with van der Waals surface area (Å²) >= 11 is 0. The zero-order valence-corrected chi connectivity index (χ0v) is 18.9. The van der Waals surface area contributed by atoms with E-state index in [0.29, 0.717) is 36.0 Å². The van der Waals surface area contributed by atoms with Crippen molar-refractivity contribution >= 4 is 28.8 Å². The molecule has 0 aliphatic carbocycles. The average Bonchev–Trinajstić information content (AvgIpc) is 3.38. The van der Waals surface area contributed by atoms with E-state index in [-0.39, 0.29) is 25.1 Å². The van der Waals surface area contributed by atoms with E-state index >= 15 is 0 Å². The van der Waals surface area contributed by atoms with Gasteiger partial charge in [0, 0.05) is 11.9 Å². The van der Waals surface area contributed by atoms with Crippen molar-refractivity contribution in [2.75, 3.05) is 26.2 Å². The predicted octanol–water partition coefficient (Wildman–Crippen LogP) is 2.89. The van der Waals surface area contributed by atoms with Crippen LogP contribution < -0.4 is 14.8 Å². The van der Waals surface area contributed by atoms with Crippen LogP contribution in [0.2, 0.25) is 0 Å². The lowest BCUT2D eigenvalue weighted by Crippen LogP contribution is -2.48. The maximum absolute atomic E-state index is 13.3. The van der Waals surface area contributed by atoms with Crippen LogP contribution >= 0.6 is 0 Å². The van der Waals surface area contributed by atoms with E-state index in [1.807, 2.05) is 49.4 Å². The van der Waals surface area contributed by atoms with Crippen molar-refractivity contribution in [2.45, 2.75) is 25.5 Å². The largest absolute Gasteiger partial charge is 0.486 e. The number of hydrogen-bond acceptors (Lipinski definition) is 6. The first kappa shape index (κ1) is 21.8. The molecule has 0 radical (unpaired) electrons. The molecule has 176 valence electrons. The summed E-state index contributed by atoms with van der Waals surface area (Å²) in [5, 5.41) is 3.51. The maximum atomic E-state index is 13.3. The molecular weight excluding hydrogens is 438 g/mol. The topological polar surface area (TPSA) is 101 Å². The SMILES string of the molecule is CCN(C[C@H]1COc2ccccc2O1)C(=O)CN1C(=O)N[C@](C)(c2cc3ccccc3o2)C1=O. The molecule has 0 unspecified atom stereocenters. The molecule has 1 aromatic heterocycles. The fraction of sp³-hybridized carbons (Fsp3) is 0.320. The molecule has 1 N–H and O–H groups in total. The second-order valence-electron chi connectivity index (χ2n) is 8.52. The zero-order valence-electron chi connectivity index (χ0n) is 18.9. The third-order valence-electron chi connectivity index (χ3n) is 6.21. The number of imide groups is 1. The van der Waals surface area contributed by atoms with Gasteiger partial charge in [-0.3, -0.25) is 14.5 Å². The van der Waals surface area contributed by atoms with Crippen molar-refractivity contribution in [3.63, 3.8) is 0 Å². The molecule has 0 bridgehead atoms. The Hall–Kier alpha value is -4.01. The molecule has 5 rings (SSSR count). The van der Waals surface area contributed by atoms with Crippen molar-refractivity contribution < 1.29 is 28.3 Å². The third kappa shape index (κ3) is 3.72. The number of benzene rings is 2. The Morgan fingerprint density at radius 1 is 1.15 bits per heavy atom. The Bertz CT molecular complexity index is 1240. The summed E-state index contributed by atoms with van der Waals surface area (Å²) in [4.78, 5) is 41.5. The molecule has 1 fully saturated rings. The molecule has 0 spiro atoms. The number of ether oxygens (including phenoxy) is 2. The van der Waals surface area contributed by atoms with Gasteiger partial charge in [0.05, 0.1) is 6.54 Å². The first-order valence-corrected chi connectivity index (χ1v) is 11.2. The number of rotatable bonds is 6. The van der Waals surface area contributed by atoms with Gasteiger partial charge in [-0.15, -0.1) is 0 Å². The van der Waals surface area contributed by atoms with E-state index in [1.54, 1.807) is 24.0 Å². The Morgan fingerprint density at radius 3 is 2.65 bits per heavy atom. The van der Waals surface area contributed by atoms with E-state index < -0.39 is 17.5 Å². The van der Waals surface area contributed by atoms with Gasteiger partial charge in [-0.1, -0.05) is 30.3 Å². The van der Waals surface area contributed by atoms with Crippen molar-refractivity contribution in [1.29, 1.82) is 0 Å². The summed E-state index contributed by atoms with van der Waals surface area (Å²) in [7, 11) is 0. The van der Waals surface area contributed by atoms with Gasteiger partial charge in [0.25, 0.3) is 5.91 Å². The number of fused-ring (bicyclic) bond motifs is 2. The minimum atomic E-state index is -1.39. The molecule has 4 amide bonds. The average molecular weight is 463 g/mol. The molecular formula is C25H25N3O6.